The van der Waals surface area contributed by atoms with Crippen LogP contribution in [-0.4, -0.2) is 21.3 Å². The summed E-state index contributed by atoms with van der Waals surface area (Å²) in [6.45, 7) is 6.67. The van der Waals surface area contributed by atoms with Crippen LogP contribution in [0.2, 0.25) is 0 Å². The van der Waals surface area contributed by atoms with Crippen LogP contribution in [0.3, 0.4) is 0 Å². The monoisotopic (exact) mass is 371 g/mol. The molecule has 0 heterocycles. The number of carbonyl (C=O) groups excluding carboxylic acids is 1. The lowest BCUT2D eigenvalue weighted by atomic mass is 9.70. The smallest absolute Gasteiger partial charge is 0.344 e. The van der Waals surface area contributed by atoms with Gasteiger partial charge in [-0.3, -0.25) is 8.98 Å². The summed E-state index contributed by atoms with van der Waals surface area (Å²) in [4.78, 5) is 11.6. The molecule has 3 rings (SSSR count). The normalized spacial score (nSPS) is 26.6. The highest BCUT2D eigenvalue weighted by molar-refractivity contribution is 7.81. The Bertz CT molecular complexity index is 687. The van der Waals surface area contributed by atoms with Gasteiger partial charge in [-0.25, -0.2) is 4.18 Å². The first-order valence-electron chi connectivity index (χ1n) is 8.14. The first-order chi connectivity index (χ1) is 11.1. The summed E-state index contributed by atoms with van der Waals surface area (Å²) in [5, 5.41) is 0. The number of hydrogen-bond acceptors (Lipinski definition) is 6. The highest BCUT2D eigenvalue weighted by atomic mass is 32.3. The zero-order chi connectivity index (χ0) is 18.0. The van der Waals surface area contributed by atoms with Crippen molar-refractivity contribution >= 4 is 16.2 Å². The zero-order valence-corrected chi connectivity index (χ0v) is 16.3. The molecule has 2 unspecified atom stereocenters. The van der Waals surface area contributed by atoms with Crippen LogP contribution in [0.4, 0.5) is 0 Å². The maximum absolute atomic E-state index is 11.6. The van der Waals surface area contributed by atoms with Crippen molar-refractivity contribution in [2.75, 3.05) is 7.11 Å². The molecule has 1 aromatic carbocycles. The van der Waals surface area contributed by atoms with E-state index in [0.717, 1.165) is 25.5 Å². The molecule has 142 valence electrons. The average Bonchev–Trinajstić information content (AvgIpc) is 2.88. The molecule has 25 heavy (non-hydrogen) atoms. The summed E-state index contributed by atoms with van der Waals surface area (Å²) in [5.74, 6) is 1.19. The highest BCUT2D eigenvalue weighted by Gasteiger charge is 2.61. The van der Waals surface area contributed by atoms with E-state index in [1.807, 2.05) is 6.07 Å². The lowest BCUT2D eigenvalue weighted by molar-refractivity contribution is -0.128. The van der Waals surface area contributed by atoms with E-state index in [9.17, 15) is 13.2 Å². The Labute approximate surface area is 150 Å². The van der Waals surface area contributed by atoms with Gasteiger partial charge in [0.05, 0.1) is 13.7 Å². The number of fused-ring (bicyclic) bond motifs is 2. The second kappa shape index (κ2) is 7.95. The van der Waals surface area contributed by atoms with E-state index in [0.29, 0.717) is 11.7 Å². The fourth-order valence-electron chi connectivity index (χ4n) is 3.66. The Morgan fingerprint density at radius 1 is 1.16 bits per heavy atom. The molecular weight excluding hydrogens is 342 g/mol. The van der Waals surface area contributed by atoms with Gasteiger partial charge in [0, 0.05) is 11.8 Å². The van der Waals surface area contributed by atoms with Gasteiger partial charge < -0.3 is 6.15 Å². The minimum atomic E-state index is -3.82. The summed E-state index contributed by atoms with van der Waals surface area (Å²) in [6.07, 6.45) is 3.25. The van der Waals surface area contributed by atoms with Crippen LogP contribution in [0, 0.1) is 16.7 Å². The summed E-state index contributed by atoms with van der Waals surface area (Å²) in [7, 11) is -2.76. The van der Waals surface area contributed by atoms with Gasteiger partial charge in [-0.2, -0.15) is 8.42 Å². The molecule has 2 atom stereocenters. The van der Waals surface area contributed by atoms with Gasteiger partial charge in [-0.15, -0.1) is 0 Å². The van der Waals surface area contributed by atoms with Crippen molar-refractivity contribution in [3.63, 3.8) is 0 Å². The minimum Gasteiger partial charge on any atom is -0.344 e. The van der Waals surface area contributed by atoms with Crippen molar-refractivity contribution in [3.05, 3.63) is 35.9 Å². The summed E-state index contributed by atoms with van der Waals surface area (Å²) >= 11 is 0. The van der Waals surface area contributed by atoms with E-state index < -0.39 is 10.4 Å². The maximum Gasteiger partial charge on any atom is 0.399 e. The number of Topliss-reactive ketones (excluding diaryl/α,β-unsaturated/α-hetero) is 1. The van der Waals surface area contributed by atoms with Gasteiger partial charge >= 0.3 is 10.4 Å². The van der Waals surface area contributed by atoms with Crippen LogP contribution in [0.25, 0.3) is 0 Å². The topological polar surface area (TPSA) is 105 Å². The SMILES string of the molecule is CC12CCC(CC1=O)C2(C)C.COS(=O)(=O)OCc1ccccc1.N. The number of benzene rings is 1. The molecule has 2 aliphatic carbocycles. The van der Waals surface area contributed by atoms with E-state index in [1.165, 1.54) is 6.42 Å². The van der Waals surface area contributed by atoms with Crippen molar-refractivity contribution < 1.29 is 21.6 Å². The predicted octanol–water partition coefficient (Wildman–Crippen LogP) is 3.66. The largest absolute Gasteiger partial charge is 0.399 e. The van der Waals surface area contributed by atoms with Crippen molar-refractivity contribution in [1.29, 1.82) is 0 Å². The predicted molar refractivity (Wildman–Crippen MR) is 96.4 cm³/mol. The second-order valence-corrected chi connectivity index (χ2v) is 8.62. The van der Waals surface area contributed by atoms with Crippen LogP contribution in [-0.2, 0) is 30.2 Å². The van der Waals surface area contributed by atoms with Gasteiger partial charge in [0.15, 0.2) is 0 Å². The Kier molecular flexibility index (Phi) is 6.92. The van der Waals surface area contributed by atoms with Gasteiger partial charge in [-0.1, -0.05) is 51.1 Å². The second-order valence-electron chi connectivity index (χ2n) is 7.24. The lowest BCUT2D eigenvalue weighted by Crippen LogP contribution is -2.32. The first kappa shape index (κ1) is 21.8. The molecule has 6 nitrogen and oxygen atoms in total. The lowest BCUT2D eigenvalue weighted by Gasteiger charge is -2.32. The summed E-state index contributed by atoms with van der Waals surface area (Å²) < 4.78 is 30.1. The number of carbonyl (C=O) groups is 1. The zero-order valence-electron chi connectivity index (χ0n) is 15.4. The third kappa shape index (κ3) is 4.47. The van der Waals surface area contributed by atoms with Crippen LogP contribution < -0.4 is 6.15 Å². The standard InChI is InChI=1S/C10H16O.C8H10O4S.H3N/c1-9(2)7-4-5-10(9,3)8(11)6-7;1-11-13(9,10)12-7-8-5-3-2-4-6-8;/h7H,4-6H2,1-3H3;2-6H,7H2,1H3;1H3. The summed E-state index contributed by atoms with van der Waals surface area (Å²) in [6, 6.07) is 8.99. The van der Waals surface area contributed by atoms with Crippen LogP contribution in [0.15, 0.2) is 30.3 Å². The van der Waals surface area contributed by atoms with Gasteiger partial charge in [0.2, 0.25) is 0 Å². The van der Waals surface area contributed by atoms with Crippen molar-refractivity contribution in [3.8, 4) is 0 Å². The third-order valence-electron chi connectivity index (χ3n) is 5.90. The molecule has 2 aliphatic rings. The van der Waals surface area contributed by atoms with Gasteiger partial charge in [0.1, 0.15) is 5.78 Å². The number of ketones is 1. The molecule has 0 spiro atoms. The molecule has 1 aromatic rings. The van der Waals surface area contributed by atoms with E-state index >= 15 is 0 Å². The molecule has 0 amide bonds. The molecule has 2 bridgehead atoms. The fourth-order valence-corrected chi connectivity index (χ4v) is 4.04. The van der Waals surface area contributed by atoms with E-state index in [4.69, 9.17) is 0 Å². The van der Waals surface area contributed by atoms with Crippen LogP contribution >= 0.6 is 0 Å². The summed E-state index contributed by atoms with van der Waals surface area (Å²) in [5.41, 5.74) is 1.09. The molecular formula is C18H29NO5S. The number of hydrogen-bond donors (Lipinski definition) is 1. The van der Waals surface area contributed by atoms with E-state index in [1.54, 1.807) is 24.3 Å². The average molecular weight is 371 g/mol. The maximum atomic E-state index is 11.6. The fraction of sp³-hybridized carbons (Fsp3) is 0.611. The Morgan fingerprint density at radius 3 is 2.12 bits per heavy atom. The Hall–Kier alpha value is -1.28. The van der Waals surface area contributed by atoms with E-state index in [2.05, 4.69) is 29.1 Å². The molecule has 0 aromatic heterocycles. The first-order valence-corrected chi connectivity index (χ1v) is 9.48. The molecule has 2 fully saturated rings. The van der Waals surface area contributed by atoms with Crippen LogP contribution in [0.5, 0.6) is 0 Å². The molecule has 0 aliphatic heterocycles. The molecule has 7 heteroatoms. The molecule has 0 radical (unpaired) electrons. The van der Waals surface area contributed by atoms with Crippen molar-refractivity contribution in [2.24, 2.45) is 16.7 Å². The van der Waals surface area contributed by atoms with Crippen molar-refractivity contribution in [1.82, 2.24) is 6.15 Å². The van der Waals surface area contributed by atoms with Crippen LogP contribution in [0.1, 0.15) is 45.6 Å². The molecule has 3 N–H and O–H groups in total. The molecule has 2 saturated carbocycles. The Morgan fingerprint density at radius 2 is 1.76 bits per heavy atom. The number of rotatable bonds is 4. The quantitative estimate of drug-likeness (QED) is 0.866. The highest BCUT2D eigenvalue weighted by Crippen LogP contribution is 2.63. The third-order valence-corrected chi connectivity index (χ3v) is 6.71. The van der Waals surface area contributed by atoms with Gasteiger partial charge in [0.25, 0.3) is 0 Å². The van der Waals surface area contributed by atoms with Gasteiger partial charge in [-0.05, 0) is 29.7 Å². The molecule has 0 saturated heterocycles. The van der Waals surface area contributed by atoms with E-state index in [-0.39, 0.29) is 23.6 Å². The minimum absolute atomic E-state index is 0. The Balaban J connectivity index is 0.000000243. The van der Waals surface area contributed by atoms with Crippen molar-refractivity contribution in [2.45, 2.75) is 46.6 Å².